The highest BCUT2D eigenvalue weighted by atomic mass is 32.2. The molecule has 3 rings (SSSR count). The number of hydrogen-bond donors (Lipinski definition) is 1. The lowest BCUT2D eigenvalue weighted by atomic mass is 10.2. The first kappa shape index (κ1) is 11.9. The molecule has 0 spiro atoms. The van der Waals surface area contributed by atoms with Gasteiger partial charge in [0.2, 0.25) is 0 Å². The molecule has 0 bridgehead atoms. The molecule has 1 fully saturated rings. The molecule has 0 aliphatic carbocycles. The second kappa shape index (κ2) is 4.49. The summed E-state index contributed by atoms with van der Waals surface area (Å²) in [5.74, 6) is 0. The number of rotatable bonds is 3. The first-order valence-corrected chi connectivity index (χ1v) is 8.05. The van der Waals surface area contributed by atoms with E-state index in [-0.39, 0.29) is 11.1 Å². The van der Waals surface area contributed by atoms with E-state index in [1.807, 2.05) is 17.5 Å². The summed E-state index contributed by atoms with van der Waals surface area (Å²) >= 11 is 1.61. The summed E-state index contributed by atoms with van der Waals surface area (Å²) in [6.07, 6.45) is 4.53. The van der Waals surface area contributed by atoms with Gasteiger partial charge in [-0.05, 0) is 24.3 Å². The molecular formula is C11H13N3O2S2. The van der Waals surface area contributed by atoms with Gasteiger partial charge in [0, 0.05) is 11.4 Å². The third-order valence-corrected chi connectivity index (χ3v) is 5.94. The molecule has 5 nitrogen and oxygen atoms in total. The van der Waals surface area contributed by atoms with Crippen LogP contribution in [-0.2, 0) is 10.0 Å². The van der Waals surface area contributed by atoms with Crippen LogP contribution in [0.4, 0.5) is 0 Å². The van der Waals surface area contributed by atoms with E-state index in [0.29, 0.717) is 6.54 Å². The molecule has 1 aliphatic heterocycles. The number of aromatic amines is 1. The normalized spacial score (nSPS) is 21.4. The van der Waals surface area contributed by atoms with Gasteiger partial charge in [-0.15, -0.1) is 11.3 Å². The van der Waals surface area contributed by atoms with Gasteiger partial charge in [-0.25, -0.2) is 13.4 Å². The Labute approximate surface area is 110 Å². The summed E-state index contributed by atoms with van der Waals surface area (Å²) in [4.78, 5) is 7.58. The zero-order chi connectivity index (χ0) is 12.6. The van der Waals surface area contributed by atoms with Crippen LogP contribution in [0.25, 0.3) is 0 Å². The van der Waals surface area contributed by atoms with Crippen molar-refractivity contribution in [1.29, 1.82) is 0 Å². The van der Waals surface area contributed by atoms with Crippen LogP contribution in [-0.4, -0.2) is 29.2 Å². The maximum Gasteiger partial charge on any atom is 0.260 e. The Morgan fingerprint density at radius 1 is 1.50 bits per heavy atom. The van der Waals surface area contributed by atoms with Gasteiger partial charge >= 0.3 is 0 Å². The van der Waals surface area contributed by atoms with Crippen LogP contribution in [0.2, 0.25) is 0 Å². The predicted molar refractivity (Wildman–Crippen MR) is 68.8 cm³/mol. The van der Waals surface area contributed by atoms with Crippen LogP contribution < -0.4 is 0 Å². The Bertz CT molecular complexity index is 605. The quantitative estimate of drug-likeness (QED) is 0.937. The lowest BCUT2D eigenvalue weighted by Gasteiger charge is -2.22. The van der Waals surface area contributed by atoms with Crippen molar-refractivity contribution < 1.29 is 8.42 Å². The molecule has 1 atom stereocenters. The van der Waals surface area contributed by atoms with Crippen molar-refractivity contribution in [1.82, 2.24) is 14.3 Å². The number of thiophene rings is 1. The Kier molecular flexibility index (Phi) is 2.96. The van der Waals surface area contributed by atoms with Gasteiger partial charge in [0.15, 0.2) is 5.03 Å². The number of nitrogens with one attached hydrogen (secondary N) is 1. The predicted octanol–water partition coefficient (Wildman–Crippen LogP) is 2.00. The molecule has 0 aromatic carbocycles. The standard InChI is InChI=1S/C11H13N3O2S2/c15-18(16,11-7-12-8-13-11)14-5-1-3-9(14)10-4-2-6-17-10/h2,4,6-9H,1,3,5H2,(H,12,13). The number of aromatic nitrogens is 2. The molecule has 3 heterocycles. The van der Waals surface area contributed by atoms with Crippen molar-refractivity contribution in [2.75, 3.05) is 6.54 Å². The van der Waals surface area contributed by atoms with Gasteiger partial charge in [0.05, 0.1) is 18.6 Å². The van der Waals surface area contributed by atoms with Gasteiger partial charge in [-0.2, -0.15) is 4.31 Å². The largest absolute Gasteiger partial charge is 0.335 e. The highest BCUT2D eigenvalue weighted by Gasteiger charge is 2.37. The fourth-order valence-corrected chi connectivity index (χ4v) is 4.82. The van der Waals surface area contributed by atoms with E-state index in [4.69, 9.17) is 0 Å². The minimum absolute atomic E-state index is 0.0294. The van der Waals surface area contributed by atoms with Gasteiger partial charge in [0.25, 0.3) is 10.0 Å². The first-order chi connectivity index (χ1) is 8.69. The van der Waals surface area contributed by atoms with Crippen LogP contribution >= 0.6 is 11.3 Å². The smallest absolute Gasteiger partial charge is 0.260 e. The number of H-pyrrole nitrogens is 1. The highest BCUT2D eigenvalue weighted by molar-refractivity contribution is 7.89. The zero-order valence-electron chi connectivity index (χ0n) is 9.61. The molecule has 1 saturated heterocycles. The highest BCUT2D eigenvalue weighted by Crippen LogP contribution is 2.37. The van der Waals surface area contributed by atoms with Crippen molar-refractivity contribution in [3.63, 3.8) is 0 Å². The molecule has 1 aliphatic rings. The van der Waals surface area contributed by atoms with Gasteiger partial charge < -0.3 is 4.98 Å². The lowest BCUT2D eigenvalue weighted by molar-refractivity contribution is 0.399. The molecular weight excluding hydrogens is 270 g/mol. The maximum absolute atomic E-state index is 12.5. The van der Waals surface area contributed by atoms with Crippen molar-refractivity contribution >= 4 is 21.4 Å². The summed E-state index contributed by atoms with van der Waals surface area (Å²) in [5.41, 5.74) is 0. The summed E-state index contributed by atoms with van der Waals surface area (Å²) < 4.78 is 26.5. The minimum atomic E-state index is -3.45. The molecule has 2 aromatic rings. The fourth-order valence-electron chi connectivity index (χ4n) is 2.30. The van der Waals surface area contributed by atoms with Crippen LogP contribution in [0.5, 0.6) is 0 Å². The molecule has 18 heavy (non-hydrogen) atoms. The van der Waals surface area contributed by atoms with Gasteiger partial charge in [-0.1, -0.05) is 6.07 Å². The van der Waals surface area contributed by atoms with Crippen LogP contribution in [0.15, 0.2) is 35.1 Å². The van der Waals surface area contributed by atoms with E-state index in [1.54, 1.807) is 15.6 Å². The van der Waals surface area contributed by atoms with Crippen molar-refractivity contribution in [3.8, 4) is 0 Å². The summed E-state index contributed by atoms with van der Waals surface area (Å²) in [7, 11) is -3.45. The molecule has 7 heteroatoms. The molecule has 96 valence electrons. The maximum atomic E-state index is 12.5. The van der Waals surface area contributed by atoms with E-state index >= 15 is 0 Å². The van der Waals surface area contributed by atoms with Crippen LogP contribution in [0.3, 0.4) is 0 Å². The second-order valence-corrected chi connectivity index (χ2v) is 7.04. The topological polar surface area (TPSA) is 66.1 Å². The summed E-state index contributed by atoms with van der Waals surface area (Å²) in [6.45, 7) is 0.573. The van der Waals surface area contributed by atoms with Gasteiger partial charge in [-0.3, -0.25) is 0 Å². The number of nitrogens with zero attached hydrogens (tertiary/aromatic N) is 2. The van der Waals surface area contributed by atoms with E-state index < -0.39 is 10.0 Å². The average Bonchev–Trinajstić information content (AvgIpc) is 3.11. The lowest BCUT2D eigenvalue weighted by Crippen LogP contribution is -2.30. The van der Waals surface area contributed by atoms with Crippen molar-refractivity contribution in [2.45, 2.75) is 23.9 Å². The first-order valence-electron chi connectivity index (χ1n) is 5.73. The molecule has 1 N–H and O–H groups in total. The average molecular weight is 283 g/mol. The van der Waals surface area contributed by atoms with E-state index in [0.717, 1.165) is 17.7 Å². The van der Waals surface area contributed by atoms with Crippen molar-refractivity contribution in [3.05, 3.63) is 34.9 Å². The second-order valence-electron chi connectivity index (χ2n) is 4.21. The molecule has 0 saturated carbocycles. The van der Waals surface area contributed by atoms with E-state index in [2.05, 4.69) is 9.97 Å². The molecule has 0 amide bonds. The van der Waals surface area contributed by atoms with Crippen molar-refractivity contribution in [2.24, 2.45) is 0 Å². The van der Waals surface area contributed by atoms with Gasteiger partial charge in [0.1, 0.15) is 0 Å². The molecule has 1 unspecified atom stereocenters. The fraction of sp³-hybridized carbons (Fsp3) is 0.364. The Hall–Kier alpha value is -1.18. The monoisotopic (exact) mass is 283 g/mol. The summed E-state index contributed by atoms with van der Waals surface area (Å²) in [6, 6.07) is 3.92. The summed E-state index contributed by atoms with van der Waals surface area (Å²) in [5, 5.41) is 2.15. The Morgan fingerprint density at radius 2 is 2.39 bits per heavy atom. The Balaban J connectivity index is 1.97. The molecule has 0 radical (unpaired) electrons. The SMILES string of the molecule is O=S(=O)(c1cnc[nH]1)N1CCCC1c1cccs1. The zero-order valence-corrected chi connectivity index (χ0v) is 11.2. The van der Waals surface area contributed by atoms with Crippen LogP contribution in [0, 0.1) is 0 Å². The third kappa shape index (κ3) is 1.88. The van der Waals surface area contributed by atoms with Crippen LogP contribution in [0.1, 0.15) is 23.8 Å². The minimum Gasteiger partial charge on any atom is -0.335 e. The number of imidazole rings is 1. The number of hydrogen-bond acceptors (Lipinski definition) is 4. The number of sulfonamides is 1. The third-order valence-electron chi connectivity index (χ3n) is 3.14. The van der Waals surface area contributed by atoms with E-state index in [9.17, 15) is 8.42 Å². The Morgan fingerprint density at radius 3 is 3.06 bits per heavy atom. The molecule has 2 aromatic heterocycles. The van der Waals surface area contributed by atoms with E-state index in [1.165, 1.54) is 12.5 Å².